The van der Waals surface area contributed by atoms with Gasteiger partial charge in [0.25, 0.3) is 5.91 Å². The average molecular weight is 484 g/mol. The van der Waals surface area contributed by atoms with Crippen LogP contribution in [0, 0.1) is 0 Å². The number of hydrogen-bond acceptors (Lipinski definition) is 5. The molecule has 0 saturated carbocycles. The Bertz CT molecular complexity index is 1130. The van der Waals surface area contributed by atoms with E-state index in [-0.39, 0.29) is 17.6 Å². The van der Waals surface area contributed by atoms with Gasteiger partial charge in [-0.25, -0.2) is 0 Å². The van der Waals surface area contributed by atoms with E-state index in [1.54, 1.807) is 30.3 Å². The summed E-state index contributed by atoms with van der Waals surface area (Å²) < 4.78 is 1.83. The summed E-state index contributed by atoms with van der Waals surface area (Å²) in [5.41, 5.74) is 2.35. The SMILES string of the molecule is C=CCn1c(SCC(=O)Nc2ccc(CC)cc2)nnc1[C@@H](C)NC(=O)c1ccccc1Cl. The summed E-state index contributed by atoms with van der Waals surface area (Å²) in [6, 6.07) is 14.2. The maximum atomic E-state index is 12.6. The van der Waals surface area contributed by atoms with Crippen LogP contribution in [0.3, 0.4) is 0 Å². The van der Waals surface area contributed by atoms with Crippen molar-refractivity contribution in [2.75, 3.05) is 11.1 Å². The summed E-state index contributed by atoms with van der Waals surface area (Å²) in [5, 5.41) is 15.2. The number of thioether (sulfide) groups is 1. The Morgan fingerprint density at radius 1 is 1.18 bits per heavy atom. The van der Waals surface area contributed by atoms with E-state index in [9.17, 15) is 9.59 Å². The van der Waals surface area contributed by atoms with Crippen LogP contribution in [-0.4, -0.2) is 32.3 Å². The lowest BCUT2D eigenvalue weighted by Crippen LogP contribution is -2.29. The first-order chi connectivity index (χ1) is 15.9. The molecule has 33 heavy (non-hydrogen) atoms. The monoisotopic (exact) mass is 483 g/mol. The molecule has 2 N–H and O–H groups in total. The molecule has 0 aliphatic carbocycles. The molecule has 0 fully saturated rings. The fraction of sp³-hybridized carbons (Fsp3) is 0.250. The van der Waals surface area contributed by atoms with Crippen molar-refractivity contribution in [3.05, 3.63) is 83.2 Å². The number of benzene rings is 2. The van der Waals surface area contributed by atoms with Gasteiger partial charge in [-0.2, -0.15) is 0 Å². The lowest BCUT2D eigenvalue weighted by Gasteiger charge is -2.15. The molecule has 1 heterocycles. The molecule has 0 aliphatic rings. The highest BCUT2D eigenvalue weighted by molar-refractivity contribution is 7.99. The Balaban J connectivity index is 1.65. The van der Waals surface area contributed by atoms with E-state index in [1.807, 2.05) is 35.8 Å². The lowest BCUT2D eigenvalue weighted by atomic mass is 10.1. The van der Waals surface area contributed by atoms with Crippen LogP contribution < -0.4 is 10.6 Å². The zero-order valence-electron chi connectivity index (χ0n) is 18.5. The Hall–Kier alpha value is -3.10. The number of hydrogen-bond donors (Lipinski definition) is 2. The summed E-state index contributed by atoms with van der Waals surface area (Å²) in [5.74, 6) is 0.293. The summed E-state index contributed by atoms with van der Waals surface area (Å²) in [4.78, 5) is 25.0. The number of amides is 2. The summed E-state index contributed by atoms with van der Waals surface area (Å²) >= 11 is 7.40. The van der Waals surface area contributed by atoms with Gasteiger partial charge in [0, 0.05) is 12.2 Å². The molecule has 3 aromatic rings. The number of nitrogens with zero attached hydrogens (tertiary/aromatic N) is 3. The first-order valence-corrected chi connectivity index (χ1v) is 11.9. The van der Waals surface area contributed by atoms with Gasteiger partial charge in [-0.1, -0.05) is 60.6 Å². The molecular formula is C24H26ClN5O2S. The quantitative estimate of drug-likeness (QED) is 0.316. The Labute approximate surface area is 202 Å². The fourth-order valence-electron chi connectivity index (χ4n) is 3.16. The van der Waals surface area contributed by atoms with Crippen molar-refractivity contribution in [1.29, 1.82) is 0 Å². The number of carbonyl (C=O) groups is 2. The van der Waals surface area contributed by atoms with Crippen LogP contribution in [0.2, 0.25) is 5.02 Å². The zero-order chi connectivity index (χ0) is 23.8. The van der Waals surface area contributed by atoms with Gasteiger partial charge in [0.05, 0.1) is 22.4 Å². The van der Waals surface area contributed by atoms with Gasteiger partial charge >= 0.3 is 0 Å². The van der Waals surface area contributed by atoms with Crippen molar-refractivity contribution < 1.29 is 9.59 Å². The van der Waals surface area contributed by atoms with Crippen LogP contribution in [-0.2, 0) is 17.8 Å². The minimum atomic E-state index is -0.429. The van der Waals surface area contributed by atoms with Gasteiger partial charge in [0.1, 0.15) is 0 Å². The number of halogens is 1. The molecular weight excluding hydrogens is 458 g/mol. The van der Waals surface area contributed by atoms with E-state index in [2.05, 4.69) is 34.3 Å². The van der Waals surface area contributed by atoms with E-state index in [0.717, 1.165) is 12.1 Å². The van der Waals surface area contributed by atoms with E-state index >= 15 is 0 Å². The number of allylic oxidation sites excluding steroid dienone is 1. The third-order valence-electron chi connectivity index (χ3n) is 4.89. The van der Waals surface area contributed by atoms with Crippen LogP contribution >= 0.6 is 23.4 Å². The molecule has 0 saturated heterocycles. The number of aromatic nitrogens is 3. The van der Waals surface area contributed by atoms with Gasteiger partial charge in [-0.3, -0.25) is 9.59 Å². The number of nitrogens with one attached hydrogen (secondary N) is 2. The molecule has 1 aromatic heterocycles. The molecule has 0 bridgehead atoms. The predicted octanol–water partition coefficient (Wildman–Crippen LogP) is 4.90. The van der Waals surface area contributed by atoms with Crippen molar-refractivity contribution in [1.82, 2.24) is 20.1 Å². The smallest absolute Gasteiger partial charge is 0.253 e. The molecule has 172 valence electrons. The fourth-order valence-corrected chi connectivity index (χ4v) is 4.14. The number of anilines is 1. The lowest BCUT2D eigenvalue weighted by molar-refractivity contribution is -0.113. The highest BCUT2D eigenvalue weighted by atomic mass is 35.5. The minimum Gasteiger partial charge on any atom is -0.342 e. The first-order valence-electron chi connectivity index (χ1n) is 10.5. The van der Waals surface area contributed by atoms with Crippen LogP contribution in [0.25, 0.3) is 0 Å². The zero-order valence-corrected chi connectivity index (χ0v) is 20.1. The van der Waals surface area contributed by atoms with E-state index in [1.165, 1.54) is 17.3 Å². The summed E-state index contributed by atoms with van der Waals surface area (Å²) in [6.07, 6.45) is 2.66. The highest BCUT2D eigenvalue weighted by Crippen LogP contribution is 2.22. The van der Waals surface area contributed by atoms with Gasteiger partial charge in [-0.15, -0.1) is 16.8 Å². The number of carbonyl (C=O) groups excluding carboxylic acids is 2. The van der Waals surface area contributed by atoms with Crippen molar-refractivity contribution >= 4 is 40.9 Å². The van der Waals surface area contributed by atoms with E-state index < -0.39 is 6.04 Å². The highest BCUT2D eigenvalue weighted by Gasteiger charge is 2.21. The Kier molecular flexibility index (Phi) is 8.68. The van der Waals surface area contributed by atoms with Crippen LogP contribution in [0.1, 0.15) is 41.6 Å². The standard InChI is InChI=1S/C24H26ClN5O2S/c1-4-14-30-22(16(3)26-23(32)19-8-6-7-9-20(19)25)28-29-24(30)33-15-21(31)27-18-12-10-17(5-2)11-13-18/h4,6-13,16H,1,5,14-15H2,2-3H3,(H,26,32)(H,27,31)/t16-/m1/s1. The van der Waals surface area contributed by atoms with Crippen LogP contribution in [0.5, 0.6) is 0 Å². The first kappa shape index (κ1) is 24.5. The molecule has 7 nitrogen and oxygen atoms in total. The largest absolute Gasteiger partial charge is 0.342 e. The normalized spacial score (nSPS) is 11.6. The second kappa shape index (κ2) is 11.7. The number of rotatable bonds is 10. The van der Waals surface area contributed by atoms with Gasteiger partial charge in [0.15, 0.2) is 11.0 Å². The third-order valence-corrected chi connectivity index (χ3v) is 6.19. The van der Waals surface area contributed by atoms with Gasteiger partial charge in [-0.05, 0) is 43.2 Å². The van der Waals surface area contributed by atoms with Gasteiger partial charge < -0.3 is 15.2 Å². The van der Waals surface area contributed by atoms with Crippen LogP contribution in [0.4, 0.5) is 5.69 Å². The molecule has 1 atom stereocenters. The van der Waals surface area contributed by atoms with Crippen molar-refractivity contribution in [3.63, 3.8) is 0 Å². The van der Waals surface area contributed by atoms with Gasteiger partial charge in [0.2, 0.25) is 5.91 Å². The van der Waals surface area contributed by atoms with E-state index in [4.69, 9.17) is 11.6 Å². The second-order valence-electron chi connectivity index (χ2n) is 7.30. The summed E-state index contributed by atoms with van der Waals surface area (Å²) in [7, 11) is 0. The number of aryl methyl sites for hydroxylation is 1. The maximum absolute atomic E-state index is 12.6. The van der Waals surface area contributed by atoms with E-state index in [0.29, 0.717) is 28.1 Å². The predicted molar refractivity (Wildman–Crippen MR) is 133 cm³/mol. The minimum absolute atomic E-state index is 0.140. The summed E-state index contributed by atoms with van der Waals surface area (Å²) in [6.45, 7) is 8.14. The molecule has 3 rings (SSSR count). The Morgan fingerprint density at radius 2 is 1.91 bits per heavy atom. The van der Waals surface area contributed by atoms with Crippen molar-refractivity contribution in [2.45, 2.75) is 38.0 Å². The molecule has 2 amide bonds. The molecule has 0 aliphatic heterocycles. The second-order valence-corrected chi connectivity index (χ2v) is 8.65. The Morgan fingerprint density at radius 3 is 2.58 bits per heavy atom. The molecule has 0 unspecified atom stereocenters. The van der Waals surface area contributed by atoms with Crippen molar-refractivity contribution in [3.8, 4) is 0 Å². The topological polar surface area (TPSA) is 88.9 Å². The maximum Gasteiger partial charge on any atom is 0.253 e. The molecule has 0 spiro atoms. The van der Waals surface area contributed by atoms with Crippen molar-refractivity contribution in [2.24, 2.45) is 0 Å². The molecule has 0 radical (unpaired) electrons. The molecule has 9 heteroatoms. The van der Waals surface area contributed by atoms with Crippen LogP contribution in [0.15, 0.2) is 66.3 Å². The third kappa shape index (κ3) is 6.46. The average Bonchev–Trinajstić information content (AvgIpc) is 3.21. The molecule has 2 aromatic carbocycles.